The summed E-state index contributed by atoms with van der Waals surface area (Å²) >= 11 is 0. The van der Waals surface area contributed by atoms with E-state index in [-0.39, 0.29) is 11.9 Å². The van der Waals surface area contributed by atoms with Crippen molar-refractivity contribution in [3.05, 3.63) is 29.8 Å². The van der Waals surface area contributed by atoms with Crippen LogP contribution < -0.4 is 15.8 Å². The first-order valence-electron chi connectivity index (χ1n) is 6.42. The van der Waals surface area contributed by atoms with Crippen molar-refractivity contribution in [3.8, 4) is 5.75 Å². The van der Waals surface area contributed by atoms with E-state index < -0.39 is 0 Å². The summed E-state index contributed by atoms with van der Waals surface area (Å²) in [4.78, 5) is 11.2. The fraction of sp³-hybridized carbons (Fsp3) is 0.500. The summed E-state index contributed by atoms with van der Waals surface area (Å²) < 4.78 is 5.71. The zero-order chi connectivity index (χ0) is 13.4. The van der Waals surface area contributed by atoms with Crippen LogP contribution in [0.2, 0.25) is 0 Å². The van der Waals surface area contributed by atoms with Gasteiger partial charge in [-0.2, -0.15) is 0 Å². The van der Waals surface area contributed by atoms with Gasteiger partial charge in [0, 0.05) is 6.42 Å². The zero-order valence-electron chi connectivity index (χ0n) is 11.1. The maximum Gasteiger partial charge on any atom is 0.234 e. The molecule has 1 atom stereocenters. The number of para-hydroxylation sites is 1. The van der Waals surface area contributed by atoms with E-state index >= 15 is 0 Å². The van der Waals surface area contributed by atoms with Crippen molar-refractivity contribution in [1.82, 2.24) is 5.32 Å². The van der Waals surface area contributed by atoms with Gasteiger partial charge in [0.2, 0.25) is 5.91 Å². The monoisotopic (exact) mass is 250 g/mol. The molecule has 1 rings (SSSR count). The van der Waals surface area contributed by atoms with Gasteiger partial charge in [-0.05, 0) is 24.6 Å². The highest BCUT2D eigenvalue weighted by molar-refractivity contribution is 5.79. The molecule has 0 saturated carbocycles. The number of hydrogen-bond acceptors (Lipinski definition) is 3. The molecule has 0 fully saturated rings. The SMILES string of the molecule is CCNC(CCOc1ccccc1CC)C(N)=O. The number of nitrogens with one attached hydrogen (secondary N) is 1. The summed E-state index contributed by atoms with van der Waals surface area (Å²) in [7, 11) is 0. The number of hydrogen-bond donors (Lipinski definition) is 2. The highest BCUT2D eigenvalue weighted by Gasteiger charge is 2.13. The van der Waals surface area contributed by atoms with E-state index in [1.165, 1.54) is 5.56 Å². The minimum Gasteiger partial charge on any atom is -0.493 e. The Kier molecular flexibility index (Phi) is 6.22. The van der Waals surface area contributed by atoms with E-state index in [9.17, 15) is 4.79 Å². The van der Waals surface area contributed by atoms with Gasteiger partial charge >= 0.3 is 0 Å². The molecule has 4 heteroatoms. The molecule has 100 valence electrons. The molecule has 1 amide bonds. The highest BCUT2D eigenvalue weighted by atomic mass is 16.5. The van der Waals surface area contributed by atoms with Crippen molar-refractivity contribution in [3.63, 3.8) is 0 Å². The minimum atomic E-state index is -0.329. The van der Waals surface area contributed by atoms with E-state index in [0.29, 0.717) is 13.0 Å². The number of carbonyl (C=O) groups excluding carboxylic acids is 1. The topological polar surface area (TPSA) is 64.3 Å². The molecule has 4 nitrogen and oxygen atoms in total. The predicted octanol–water partition coefficient (Wildman–Crippen LogP) is 1.48. The van der Waals surface area contributed by atoms with Gasteiger partial charge in [-0.15, -0.1) is 0 Å². The van der Waals surface area contributed by atoms with Gasteiger partial charge in [0.05, 0.1) is 12.6 Å². The molecule has 1 unspecified atom stereocenters. The summed E-state index contributed by atoms with van der Waals surface area (Å²) in [5, 5.41) is 3.04. The standard InChI is InChI=1S/C14H22N2O2/c1-3-11-7-5-6-8-13(11)18-10-9-12(14(15)17)16-4-2/h5-8,12,16H,3-4,9-10H2,1-2H3,(H2,15,17). The normalized spacial score (nSPS) is 12.1. The molecule has 0 aliphatic heterocycles. The second kappa shape index (κ2) is 7.71. The van der Waals surface area contributed by atoms with Crippen LogP contribution in [0.5, 0.6) is 5.75 Å². The van der Waals surface area contributed by atoms with Crippen molar-refractivity contribution in [1.29, 1.82) is 0 Å². The van der Waals surface area contributed by atoms with Gasteiger partial charge in [0.25, 0.3) is 0 Å². The third kappa shape index (κ3) is 4.37. The molecule has 0 saturated heterocycles. The molecule has 0 aliphatic carbocycles. The molecule has 0 bridgehead atoms. The number of ether oxygens (including phenoxy) is 1. The fourth-order valence-corrected chi connectivity index (χ4v) is 1.81. The summed E-state index contributed by atoms with van der Waals surface area (Å²) in [6, 6.07) is 7.63. The van der Waals surface area contributed by atoms with Gasteiger partial charge in [-0.1, -0.05) is 32.0 Å². The first-order valence-corrected chi connectivity index (χ1v) is 6.42. The van der Waals surface area contributed by atoms with Gasteiger partial charge in [0.1, 0.15) is 5.75 Å². The zero-order valence-corrected chi connectivity index (χ0v) is 11.1. The smallest absolute Gasteiger partial charge is 0.234 e. The molecule has 0 aromatic heterocycles. The Morgan fingerprint density at radius 1 is 1.39 bits per heavy atom. The average molecular weight is 250 g/mol. The Hall–Kier alpha value is -1.55. The maximum absolute atomic E-state index is 11.2. The minimum absolute atomic E-state index is 0.316. The third-order valence-electron chi connectivity index (χ3n) is 2.81. The number of primary amides is 1. The van der Waals surface area contributed by atoms with E-state index in [2.05, 4.69) is 12.2 Å². The van der Waals surface area contributed by atoms with Crippen molar-refractivity contribution < 1.29 is 9.53 Å². The van der Waals surface area contributed by atoms with Crippen LogP contribution in [-0.2, 0) is 11.2 Å². The molecule has 1 aromatic rings. The number of carbonyl (C=O) groups is 1. The average Bonchev–Trinajstić information content (AvgIpc) is 2.38. The second-order valence-electron chi connectivity index (χ2n) is 4.11. The largest absolute Gasteiger partial charge is 0.493 e. The summed E-state index contributed by atoms with van der Waals surface area (Å²) in [6.07, 6.45) is 1.52. The molecular weight excluding hydrogens is 228 g/mol. The Bertz CT molecular complexity index is 380. The molecular formula is C14H22N2O2. The van der Waals surface area contributed by atoms with E-state index in [4.69, 9.17) is 10.5 Å². The van der Waals surface area contributed by atoms with E-state index in [0.717, 1.165) is 18.7 Å². The molecule has 1 aromatic carbocycles. The number of likely N-dealkylation sites (N-methyl/N-ethyl adjacent to an activating group) is 1. The first-order chi connectivity index (χ1) is 8.69. The van der Waals surface area contributed by atoms with Crippen LogP contribution in [0.15, 0.2) is 24.3 Å². The molecule has 0 aliphatic rings. The van der Waals surface area contributed by atoms with E-state index in [1.54, 1.807) is 0 Å². The Labute approximate surface area is 109 Å². The van der Waals surface area contributed by atoms with Gasteiger partial charge in [0.15, 0.2) is 0 Å². The lowest BCUT2D eigenvalue weighted by Gasteiger charge is -2.15. The number of benzene rings is 1. The molecule has 18 heavy (non-hydrogen) atoms. The van der Waals surface area contributed by atoms with Crippen LogP contribution in [0.25, 0.3) is 0 Å². The first kappa shape index (κ1) is 14.5. The van der Waals surface area contributed by atoms with Gasteiger partial charge < -0.3 is 15.8 Å². The Morgan fingerprint density at radius 2 is 2.11 bits per heavy atom. The van der Waals surface area contributed by atoms with Gasteiger partial charge in [-0.3, -0.25) is 4.79 Å². The van der Waals surface area contributed by atoms with Crippen LogP contribution in [0.3, 0.4) is 0 Å². The van der Waals surface area contributed by atoms with Crippen molar-refractivity contribution in [2.75, 3.05) is 13.2 Å². The van der Waals surface area contributed by atoms with Crippen LogP contribution in [0.1, 0.15) is 25.8 Å². The molecule has 0 spiro atoms. The van der Waals surface area contributed by atoms with Crippen LogP contribution in [-0.4, -0.2) is 25.1 Å². The van der Waals surface area contributed by atoms with E-state index in [1.807, 2.05) is 31.2 Å². The van der Waals surface area contributed by atoms with Crippen LogP contribution in [0.4, 0.5) is 0 Å². The van der Waals surface area contributed by atoms with Gasteiger partial charge in [-0.25, -0.2) is 0 Å². The van der Waals surface area contributed by atoms with Crippen molar-refractivity contribution in [2.45, 2.75) is 32.7 Å². The lowest BCUT2D eigenvalue weighted by molar-refractivity contribution is -0.120. The van der Waals surface area contributed by atoms with Crippen molar-refractivity contribution in [2.24, 2.45) is 5.73 Å². The van der Waals surface area contributed by atoms with Crippen LogP contribution in [0, 0.1) is 0 Å². The number of rotatable bonds is 8. The lowest BCUT2D eigenvalue weighted by Crippen LogP contribution is -2.42. The Balaban J connectivity index is 2.47. The summed E-state index contributed by atoms with van der Waals surface area (Å²) in [5.74, 6) is 0.559. The highest BCUT2D eigenvalue weighted by Crippen LogP contribution is 2.18. The van der Waals surface area contributed by atoms with Crippen LogP contribution >= 0.6 is 0 Å². The Morgan fingerprint density at radius 3 is 2.72 bits per heavy atom. The summed E-state index contributed by atoms with van der Waals surface area (Å²) in [6.45, 7) is 5.24. The number of amides is 1. The lowest BCUT2D eigenvalue weighted by atomic mass is 10.1. The number of aryl methyl sites for hydroxylation is 1. The fourth-order valence-electron chi connectivity index (χ4n) is 1.81. The quantitative estimate of drug-likeness (QED) is 0.734. The molecule has 0 heterocycles. The molecule has 0 radical (unpaired) electrons. The predicted molar refractivity (Wildman–Crippen MR) is 72.6 cm³/mol. The molecule has 3 N–H and O–H groups in total. The maximum atomic E-state index is 11.2. The number of nitrogens with two attached hydrogens (primary N) is 1. The van der Waals surface area contributed by atoms with Crippen molar-refractivity contribution >= 4 is 5.91 Å². The third-order valence-corrected chi connectivity index (χ3v) is 2.81. The second-order valence-corrected chi connectivity index (χ2v) is 4.11. The summed E-state index contributed by atoms with van der Waals surface area (Å²) in [5.41, 5.74) is 6.48.